The molecule has 1 saturated carbocycles. The van der Waals surface area contributed by atoms with Gasteiger partial charge in [-0.15, -0.1) is 4.98 Å². The number of carbonyl (C=O) groups is 1. The predicted octanol–water partition coefficient (Wildman–Crippen LogP) is 0.388. The highest BCUT2D eigenvalue weighted by atomic mass is 16.5. The number of hydrogen-bond acceptors (Lipinski definition) is 8. The maximum atomic E-state index is 12.3. The van der Waals surface area contributed by atoms with E-state index in [0.29, 0.717) is 24.2 Å². The molecular weight excluding hydrogens is 338 g/mol. The largest absolute Gasteiger partial charge is 0.467 e. The van der Waals surface area contributed by atoms with Crippen LogP contribution in [-0.2, 0) is 13.1 Å². The Morgan fingerprint density at radius 2 is 1.88 bits per heavy atom. The van der Waals surface area contributed by atoms with Gasteiger partial charge in [0.2, 0.25) is 5.95 Å². The van der Waals surface area contributed by atoms with E-state index >= 15 is 0 Å². The van der Waals surface area contributed by atoms with Crippen LogP contribution in [0.1, 0.15) is 35.4 Å². The number of aryl methyl sites for hydroxylation is 1. The zero-order valence-electron chi connectivity index (χ0n) is 14.8. The van der Waals surface area contributed by atoms with Gasteiger partial charge in [-0.2, -0.15) is 15.1 Å². The molecule has 0 unspecified atom stereocenters. The first-order chi connectivity index (χ1) is 12.7. The number of hydrogen-bond donors (Lipinski definition) is 1. The summed E-state index contributed by atoms with van der Waals surface area (Å²) in [5.41, 5.74) is 1.40. The third kappa shape index (κ3) is 3.39. The van der Waals surface area contributed by atoms with Crippen LogP contribution in [0.3, 0.4) is 0 Å². The number of anilines is 1. The van der Waals surface area contributed by atoms with Crippen molar-refractivity contribution in [2.75, 3.05) is 25.7 Å². The van der Waals surface area contributed by atoms with Crippen LogP contribution >= 0.6 is 0 Å². The zero-order valence-corrected chi connectivity index (χ0v) is 14.8. The summed E-state index contributed by atoms with van der Waals surface area (Å²) in [4.78, 5) is 26.9. The molecule has 10 heteroatoms. The average Bonchev–Trinajstić information content (AvgIpc) is 3.42. The lowest BCUT2D eigenvalue weighted by atomic mass is 10.3. The Morgan fingerprint density at radius 1 is 1.15 bits per heavy atom. The van der Waals surface area contributed by atoms with Crippen LogP contribution in [0.4, 0.5) is 5.95 Å². The van der Waals surface area contributed by atoms with E-state index in [1.165, 1.54) is 14.2 Å². The number of aromatic nitrogens is 5. The van der Waals surface area contributed by atoms with E-state index < -0.39 is 0 Å². The van der Waals surface area contributed by atoms with E-state index in [2.05, 4.69) is 25.4 Å². The summed E-state index contributed by atoms with van der Waals surface area (Å²) in [6.45, 7) is 2.03. The number of amides is 1. The van der Waals surface area contributed by atoms with Gasteiger partial charge in [0.1, 0.15) is 0 Å². The fourth-order valence-electron chi connectivity index (χ4n) is 2.88. The van der Waals surface area contributed by atoms with Crippen molar-refractivity contribution in [1.29, 1.82) is 0 Å². The SMILES string of the molecule is COc1nc(OC)nc(N2CCCn3nc(C(=O)NC4CC4)cc3C2)n1. The minimum absolute atomic E-state index is 0.108. The van der Waals surface area contributed by atoms with Crippen molar-refractivity contribution >= 4 is 11.9 Å². The molecule has 0 bridgehead atoms. The lowest BCUT2D eigenvalue weighted by Gasteiger charge is -2.20. The molecule has 1 fully saturated rings. The summed E-state index contributed by atoms with van der Waals surface area (Å²) in [6.07, 6.45) is 2.96. The average molecular weight is 359 g/mol. The highest BCUT2D eigenvalue weighted by Gasteiger charge is 2.27. The molecule has 1 aliphatic heterocycles. The monoisotopic (exact) mass is 359 g/mol. The molecule has 2 aromatic heterocycles. The van der Waals surface area contributed by atoms with Crippen LogP contribution in [-0.4, -0.2) is 57.4 Å². The molecule has 3 heterocycles. The van der Waals surface area contributed by atoms with Crippen molar-refractivity contribution in [2.45, 2.75) is 38.4 Å². The third-order valence-electron chi connectivity index (χ3n) is 4.39. The van der Waals surface area contributed by atoms with Crippen LogP contribution in [0, 0.1) is 0 Å². The highest BCUT2D eigenvalue weighted by Crippen LogP contribution is 2.22. The standard InChI is InChI=1S/C16H21N7O3/c1-25-15-18-14(19-16(20-15)26-2)22-6-3-7-23-11(9-22)8-12(21-23)13(24)17-10-4-5-10/h8,10H,3-7,9H2,1-2H3,(H,17,24). The number of nitrogens with zero attached hydrogens (tertiary/aromatic N) is 6. The molecule has 0 spiro atoms. The van der Waals surface area contributed by atoms with Gasteiger partial charge in [-0.3, -0.25) is 9.48 Å². The van der Waals surface area contributed by atoms with Crippen LogP contribution in [0.2, 0.25) is 0 Å². The second-order valence-corrected chi connectivity index (χ2v) is 6.38. The predicted molar refractivity (Wildman–Crippen MR) is 91.3 cm³/mol. The van der Waals surface area contributed by atoms with Gasteiger partial charge in [-0.05, 0) is 25.3 Å². The second-order valence-electron chi connectivity index (χ2n) is 6.38. The lowest BCUT2D eigenvalue weighted by molar-refractivity contribution is 0.0945. The summed E-state index contributed by atoms with van der Waals surface area (Å²) in [7, 11) is 3.00. The molecule has 2 aliphatic rings. The van der Waals surface area contributed by atoms with Crippen molar-refractivity contribution in [3.05, 3.63) is 17.5 Å². The number of carbonyl (C=O) groups excluding carboxylic acids is 1. The third-order valence-corrected chi connectivity index (χ3v) is 4.39. The Balaban J connectivity index is 1.57. The molecule has 0 radical (unpaired) electrons. The Hall–Kier alpha value is -2.91. The maximum absolute atomic E-state index is 12.3. The van der Waals surface area contributed by atoms with Gasteiger partial charge < -0.3 is 19.7 Å². The number of nitrogens with one attached hydrogen (secondary N) is 1. The minimum atomic E-state index is -0.108. The first-order valence-electron chi connectivity index (χ1n) is 8.63. The molecular formula is C16H21N7O3. The first-order valence-corrected chi connectivity index (χ1v) is 8.63. The van der Waals surface area contributed by atoms with E-state index in [4.69, 9.17) is 9.47 Å². The smallest absolute Gasteiger partial charge is 0.324 e. The number of fused-ring (bicyclic) bond motifs is 1. The van der Waals surface area contributed by atoms with Gasteiger partial charge in [0.25, 0.3) is 5.91 Å². The summed E-state index contributed by atoms with van der Waals surface area (Å²) in [5.74, 6) is 0.371. The van der Waals surface area contributed by atoms with Crippen molar-refractivity contribution in [3.8, 4) is 12.0 Å². The summed E-state index contributed by atoms with van der Waals surface area (Å²) in [5, 5.41) is 7.44. The molecule has 0 saturated heterocycles. The molecule has 26 heavy (non-hydrogen) atoms. The van der Waals surface area contributed by atoms with E-state index in [0.717, 1.165) is 38.0 Å². The van der Waals surface area contributed by atoms with E-state index in [1.54, 1.807) is 0 Å². The fourth-order valence-corrected chi connectivity index (χ4v) is 2.88. The molecule has 0 aromatic carbocycles. The summed E-state index contributed by atoms with van der Waals surface area (Å²) < 4.78 is 12.1. The van der Waals surface area contributed by atoms with Crippen LogP contribution in [0.15, 0.2) is 6.07 Å². The van der Waals surface area contributed by atoms with E-state index in [9.17, 15) is 4.79 Å². The van der Waals surface area contributed by atoms with Crippen LogP contribution in [0.25, 0.3) is 0 Å². The van der Waals surface area contributed by atoms with Gasteiger partial charge in [0.15, 0.2) is 5.69 Å². The Labute approximate surface area is 150 Å². The molecule has 1 aliphatic carbocycles. The van der Waals surface area contributed by atoms with Crippen LogP contribution < -0.4 is 19.7 Å². The van der Waals surface area contributed by atoms with Gasteiger partial charge in [0, 0.05) is 19.1 Å². The van der Waals surface area contributed by atoms with Crippen LogP contribution in [0.5, 0.6) is 12.0 Å². The van der Waals surface area contributed by atoms with Gasteiger partial charge in [-0.25, -0.2) is 0 Å². The number of rotatable bonds is 5. The summed E-state index contributed by atoms with van der Waals surface area (Å²) >= 11 is 0. The second kappa shape index (κ2) is 6.77. The molecule has 1 N–H and O–H groups in total. The quantitative estimate of drug-likeness (QED) is 0.817. The molecule has 2 aromatic rings. The molecule has 138 valence electrons. The number of ether oxygens (including phenoxy) is 2. The first kappa shape index (κ1) is 16.6. The lowest BCUT2D eigenvalue weighted by Crippen LogP contribution is -2.26. The maximum Gasteiger partial charge on any atom is 0.324 e. The molecule has 0 atom stereocenters. The molecule has 4 rings (SSSR count). The zero-order chi connectivity index (χ0) is 18.1. The summed E-state index contributed by atoms with van der Waals surface area (Å²) in [6, 6.07) is 2.56. The molecule has 10 nitrogen and oxygen atoms in total. The fraction of sp³-hybridized carbons (Fsp3) is 0.562. The minimum Gasteiger partial charge on any atom is -0.467 e. The van der Waals surface area contributed by atoms with E-state index in [1.807, 2.05) is 15.6 Å². The van der Waals surface area contributed by atoms with Crippen molar-refractivity contribution in [3.63, 3.8) is 0 Å². The number of methoxy groups -OCH3 is 2. The van der Waals surface area contributed by atoms with Gasteiger partial charge in [0.05, 0.1) is 26.5 Å². The van der Waals surface area contributed by atoms with Crippen molar-refractivity contribution in [2.24, 2.45) is 0 Å². The Morgan fingerprint density at radius 3 is 2.54 bits per heavy atom. The van der Waals surface area contributed by atoms with Crippen molar-refractivity contribution < 1.29 is 14.3 Å². The van der Waals surface area contributed by atoms with Gasteiger partial charge in [-0.1, -0.05) is 0 Å². The van der Waals surface area contributed by atoms with Crippen molar-refractivity contribution in [1.82, 2.24) is 30.0 Å². The van der Waals surface area contributed by atoms with Gasteiger partial charge >= 0.3 is 12.0 Å². The Kier molecular flexibility index (Phi) is 4.31. The normalized spacial score (nSPS) is 16.6. The topological polar surface area (TPSA) is 107 Å². The van der Waals surface area contributed by atoms with E-state index in [-0.39, 0.29) is 17.9 Å². The highest BCUT2D eigenvalue weighted by molar-refractivity contribution is 5.92. The Bertz CT molecular complexity index is 796. The molecule has 1 amide bonds.